The van der Waals surface area contributed by atoms with Gasteiger partial charge in [-0.15, -0.1) is 0 Å². The molecule has 0 spiro atoms. The average Bonchev–Trinajstić information content (AvgIpc) is 2.88. The smallest absolute Gasteiger partial charge is 0.209 e. The van der Waals surface area contributed by atoms with E-state index in [-0.39, 0.29) is 0 Å². The highest BCUT2D eigenvalue weighted by Crippen LogP contribution is 2.52. The van der Waals surface area contributed by atoms with Gasteiger partial charge in [0.05, 0.1) is 7.11 Å². The summed E-state index contributed by atoms with van der Waals surface area (Å²) in [5.41, 5.74) is 2.36. The first-order chi connectivity index (χ1) is 16.6. The summed E-state index contributed by atoms with van der Waals surface area (Å²) in [6, 6.07) is 27.0. The van der Waals surface area contributed by atoms with Crippen LogP contribution in [0.25, 0.3) is 0 Å². The minimum atomic E-state index is -0.791. The number of rotatable bonds is 11. The second kappa shape index (κ2) is 11.1. The third-order valence-corrected chi connectivity index (χ3v) is 6.86. The molecule has 1 atom stereocenters. The van der Waals surface area contributed by atoms with Gasteiger partial charge in [0.25, 0.3) is 0 Å². The molecule has 0 saturated carbocycles. The minimum absolute atomic E-state index is 0.739. The van der Waals surface area contributed by atoms with Crippen LogP contribution in [-0.2, 0) is 10.3 Å². The largest absolute Gasteiger partial charge is 0.497 e. The molecule has 0 aliphatic carbocycles. The van der Waals surface area contributed by atoms with E-state index >= 15 is 0 Å². The molecule has 34 heavy (non-hydrogen) atoms. The van der Waals surface area contributed by atoms with Crippen molar-refractivity contribution in [3.63, 3.8) is 0 Å². The van der Waals surface area contributed by atoms with Gasteiger partial charge in [-0.1, -0.05) is 106 Å². The molecular formula is C31H38O3. The van der Waals surface area contributed by atoms with E-state index < -0.39 is 11.4 Å². The van der Waals surface area contributed by atoms with E-state index in [2.05, 4.69) is 68.4 Å². The maximum Gasteiger partial charge on any atom is 0.209 e. The molecule has 1 heterocycles. The average molecular weight is 459 g/mol. The Morgan fingerprint density at radius 1 is 0.735 bits per heavy atom. The minimum Gasteiger partial charge on any atom is -0.497 e. The van der Waals surface area contributed by atoms with E-state index in [1.165, 1.54) is 38.5 Å². The second-order valence-corrected chi connectivity index (χ2v) is 9.48. The molecule has 3 nitrogen and oxygen atoms in total. The van der Waals surface area contributed by atoms with Crippen LogP contribution >= 0.6 is 0 Å². The fourth-order valence-corrected chi connectivity index (χ4v) is 5.08. The summed E-state index contributed by atoms with van der Waals surface area (Å²) in [5.74, 6) is 0.902. The number of unbranched alkanes of at least 4 members (excludes halogenated alkanes) is 6. The SMILES string of the molecule is CCCCCCCCCC1(C)Oc2ccc(OC)cc2C(c2ccccc2)(c2ccccc2)O1. The first kappa shape index (κ1) is 24.3. The molecule has 4 rings (SSSR count). The topological polar surface area (TPSA) is 27.7 Å². The van der Waals surface area contributed by atoms with Gasteiger partial charge in [0.1, 0.15) is 11.5 Å². The standard InChI is InChI=1S/C31H38O3/c1-4-5-6-7-8-9-16-23-30(2)33-29-22-21-27(32-3)24-28(29)31(34-30,25-17-12-10-13-18-25)26-19-14-11-15-20-26/h10-15,17-22,24H,4-9,16,23H2,1-3H3. The van der Waals surface area contributed by atoms with Crippen molar-refractivity contribution in [2.24, 2.45) is 0 Å². The van der Waals surface area contributed by atoms with E-state index in [0.29, 0.717) is 0 Å². The zero-order chi connectivity index (χ0) is 23.9. The van der Waals surface area contributed by atoms with Gasteiger partial charge in [-0.05, 0) is 35.7 Å². The van der Waals surface area contributed by atoms with Crippen molar-refractivity contribution in [2.75, 3.05) is 7.11 Å². The van der Waals surface area contributed by atoms with Gasteiger partial charge in [0, 0.05) is 18.9 Å². The maximum absolute atomic E-state index is 7.13. The summed E-state index contributed by atoms with van der Waals surface area (Å²) >= 11 is 0. The molecule has 3 aromatic carbocycles. The van der Waals surface area contributed by atoms with Gasteiger partial charge in [-0.2, -0.15) is 0 Å². The fourth-order valence-electron chi connectivity index (χ4n) is 5.08. The highest BCUT2D eigenvalue weighted by atomic mass is 16.7. The maximum atomic E-state index is 7.13. The van der Waals surface area contributed by atoms with Crippen LogP contribution in [0.1, 0.15) is 81.9 Å². The first-order valence-electron chi connectivity index (χ1n) is 12.8. The Hall–Kier alpha value is -2.78. The van der Waals surface area contributed by atoms with Gasteiger partial charge in [0.15, 0.2) is 5.60 Å². The molecule has 3 aromatic rings. The van der Waals surface area contributed by atoms with Crippen molar-refractivity contribution in [2.45, 2.75) is 76.6 Å². The zero-order valence-electron chi connectivity index (χ0n) is 20.9. The lowest BCUT2D eigenvalue weighted by Crippen LogP contribution is -2.50. The molecule has 1 aliphatic rings. The van der Waals surface area contributed by atoms with Gasteiger partial charge in [-0.3, -0.25) is 0 Å². The van der Waals surface area contributed by atoms with Crippen LogP contribution in [0.15, 0.2) is 78.9 Å². The van der Waals surface area contributed by atoms with Gasteiger partial charge in [0.2, 0.25) is 5.79 Å². The molecule has 0 aromatic heterocycles. The van der Waals surface area contributed by atoms with Crippen LogP contribution in [0.3, 0.4) is 0 Å². The number of hydrogen-bond donors (Lipinski definition) is 0. The molecular weight excluding hydrogens is 420 g/mol. The Labute approximate surface area is 205 Å². The third kappa shape index (κ3) is 5.15. The molecule has 3 heteroatoms. The van der Waals surface area contributed by atoms with Crippen molar-refractivity contribution in [3.05, 3.63) is 95.6 Å². The van der Waals surface area contributed by atoms with E-state index in [9.17, 15) is 0 Å². The molecule has 0 radical (unpaired) electrons. The normalized spacial score (nSPS) is 18.7. The molecule has 180 valence electrons. The van der Waals surface area contributed by atoms with Gasteiger partial charge >= 0.3 is 0 Å². The van der Waals surface area contributed by atoms with Gasteiger partial charge in [-0.25, -0.2) is 0 Å². The van der Waals surface area contributed by atoms with Crippen LogP contribution in [0, 0.1) is 0 Å². The first-order valence-corrected chi connectivity index (χ1v) is 12.8. The van der Waals surface area contributed by atoms with Crippen LogP contribution in [0.4, 0.5) is 0 Å². The highest BCUT2D eigenvalue weighted by Gasteiger charge is 2.50. The van der Waals surface area contributed by atoms with Crippen molar-refractivity contribution in [1.29, 1.82) is 0 Å². The molecule has 0 fully saturated rings. The Kier molecular flexibility index (Phi) is 7.95. The molecule has 0 N–H and O–H groups in total. The van der Waals surface area contributed by atoms with Crippen molar-refractivity contribution >= 4 is 0 Å². The van der Waals surface area contributed by atoms with Crippen LogP contribution in [-0.4, -0.2) is 12.9 Å². The Bertz CT molecular complexity index is 992. The van der Waals surface area contributed by atoms with E-state index in [1.807, 2.05) is 24.3 Å². The van der Waals surface area contributed by atoms with E-state index in [4.69, 9.17) is 14.2 Å². The van der Waals surface area contributed by atoms with Gasteiger partial charge < -0.3 is 14.2 Å². The molecule has 0 amide bonds. The quantitative estimate of drug-likeness (QED) is 0.271. The monoisotopic (exact) mass is 458 g/mol. The summed E-state index contributed by atoms with van der Waals surface area (Å²) in [6.45, 7) is 4.36. The number of hydrogen-bond acceptors (Lipinski definition) is 3. The highest BCUT2D eigenvalue weighted by molar-refractivity contribution is 5.56. The Morgan fingerprint density at radius 2 is 1.32 bits per heavy atom. The summed E-state index contributed by atoms with van der Waals surface area (Å²) < 4.78 is 19.3. The molecule has 1 unspecified atom stereocenters. The molecule has 1 aliphatic heterocycles. The summed E-state index contributed by atoms with van der Waals surface area (Å²) in [4.78, 5) is 0. The van der Waals surface area contributed by atoms with Crippen LogP contribution in [0.5, 0.6) is 11.5 Å². The lowest BCUT2D eigenvalue weighted by atomic mass is 9.78. The Morgan fingerprint density at radius 3 is 1.91 bits per heavy atom. The fraction of sp³-hybridized carbons (Fsp3) is 0.419. The number of methoxy groups -OCH3 is 1. The second-order valence-electron chi connectivity index (χ2n) is 9.48. The summed E-state index contributed by atoms with van der Waals surface area (Å²) in [5, 5.41) is 0. The Balaban J connectivity index is 1.72. The third-order valence-electron chi connectivity index (χ3n) is 6.86. The summed E-state index contributed by atoms with van der Waals surface area (Å²) in [6.07, 6.45) is 9.65. The molecule has 0 saturated heterocycles. The van der Waals surface area contributed by atoms with Crippen molar-refractivity contribution in [3.8, 4) is 11.5 Å². The lowest BCUT2D eigenvalue weighted by Gasteiger charge is -2.48. The van der Waals surface area contributed by atoms with Crippen molar-refractivity contribution < 1.29 is 14.2 Å². The van der Waals surface area contributed by atoms with E-state index in [1.54, 1.807) is 7.11 Å². The zero-order valence-corrected chi connectivity index (χ0v) is 20.9. The van der Waals surface area contributed by atoms with Crippen molar-refractivity contribution in [1.82, 2.24) is 0 Å². The predicted molar refractivity (Wildman–Crippen MR) is 138 cm³/mol. The van der Waals surface area contributed by atoms with Crippen LogP contribution in [0.2, 0.25) is 0 Å². The number of benzene rings is 3. The molecule has 0 bridgehead atoms. The van der Waals surface area contributed by atoms with E-state index in [0.717, 1.165) is 41.0 Å². The summed E-state index contributed by atoms with van der Waals surface area (Å²) in [7, 11) is 1.70. The number of ether oxygens (including phenoxy) is 3. The number of fused-ring (bicyclic) bond motifs is 1. The van der Waals surface area contributed by atoms with Crippen LogP contribution < -0.4 is 9.47 Å². The predicted octanol–water partition coefficient (Wildman–Crippen LogP) is 8.25. The lowest BCUT2D eigenvalue weighted by molar-refractivity contribution is -0.241.